The highest BCUT2D eigenvalue weighted by atomic mass is 35.5. The Kier molecular flexibility index (Phi) is 12.2. The quantitative estimate of drug-likeness (QED) is 0.337. The van der Waals surface area contributed by atoms with Crippen molar-refractivity contribution >= 4 is 41.1 Å². The number of benzene rings is 1. The molecule has 0 radical (unpaired) electrons. The highest BCUT2D eigenvalue weighted by Crippen LogP contribution is 2.39. The molecule has 1 atom stereocenters. The van der Waals surface area contributed by atoms with Gasteiger partial charge in [-0.25, -0.2) is 4.79 Å². The van der Waals surface area contributed by atoms with Crippen LogP contribution in [0.4, 0.5) is 0 Å². The van der Waals surface area contributed by atoms with Gasteiger partial charge in [-0.05, 0) is 31.9 Å². The Hall–Kier alpha value is -2.53. The lowest BCUT2D eigenvalue weighted by atomic mass is 9.96. The smallest absolute Gasteiger partial charge is 0.336 e. The van der Waals surface area contributed by atoms with E-state index in [-0.39, 0.29) is 6.10 Å². The fraction of sp³-hybridized carbons (Fsp3) is 0.500. The van der Waals surface area contributed by atoms with Gasteiger partial charge in [0.2, 0.25) is 0 Å². The largest absolute Gasteiger partial charge is 0.491 e. The maximum atomic E-state index is 10.3. The number of aliphatic carboxylic acids is 3. The summed E-state index contributed by atoms with van der Waals surface area (Å²) in [5, 5.41) is 34.8. The van der Waals surface area contributed by atoms with E-state index in [1.165, 1.54) is 0 Å². The van der Waals surface area contributed by atoms with E-state index in [2.05, 4.69) is 11.5 Å². The molecule has 0 bridgehead atoms. The molecule has 12 heteroatoms. The standard InChI is InChI=1S/C16H21Cl2NO2.C6H8O7/c1-3-7-19-8-4-5-13(6-9-19)21-15-11-12(17)10-14(18)16(15)20-2;7-3(8)1-6(13,5(11)12)2-4(9)10/h3,10-11,13H,1,4-9H2,2H3;13H,1-2H2,(H,7,8)(H,9,10)(H,11,12). The first-order chi connectivity index (χ1) is 15.9. The number of carboxylic acids is 3. The van der Waals surface area contributed by atoms with Crippen molar-refractivity contribution in [2.45, 2.75) is 43.8 Å². The first-order valence-corrected chi connectivity index (χ1v) is 11.1. The van der Waals surface area contributed by atoms with E-state index in [0.717, 1.165) is 38.9 Å². The summed E-state index contributed by atoms with van der Waals surface area (Å²) in [6.07, 6.45) is 2.91. The van der Waals surface area contributed by atoms with Gasteiger partial charge in [-0.15, -0.1) is 6.58 Å². The number of rotatable bonds is 10. The fourth-order valence-electron chi connectivity index (χ4n) is 3.32. The van der Waals surface area contributed by atoms with E-state index in [9.17, 15) is 14.4 Å². The molecule has 1 heterocycles. The summed E-state index contributed by atoms with van der Waals surface area (Å²) in [6.45, 7) is 6.81. The van der Waals surface area contributed by atoms with Gasteiger partial charge < -0.3 is 29.9 Å². The van der Waals surface area contributed by atoms with Crippen LogP contribution in [0.2, 0.25) is 10.0 Å². The molecular weight excluding hydrogens is 493 g/mol. The zero-order valence-corrected chi connectivity index (χ0v) is 20.2. The van der Waals surface area contributed by atoms with Crippen LogP contribution in [-0.2, 0) is 14.4 Å². The van der Waals surface area contributed by atoms with Crippen LogP contribution in [-0.4, -0.2) is 81.7 Å². The lowest BCUT2D eigenvalue weighted by Gasteiger charge is -2.20. The Morgan fingerprint density at radius 3 is 2.26 bits per heavy atom. The molecule has 34 heavy (non-hydrogen) atoms. The van der Waals surface area contributed by atoms with Crippen molar-refractivity contribution in [3.8, 4) is 11.5 Å². The van der Waals surface area contributed by atoms with Gasteiger partial charge in [0.15, 0.2) is 17.1 Å². The third-order valence-electron chi connectivity index (χ3n) is 4.91. The van der Waals surface area contributed by atoms with Gasteiger partial charge in [-0.3, -0.25) is 14.5 Å². The average Bonchev–Trinajstić information content (AvgIpc) is 2.92. The second kappa shape index (κ2) is 14.0. The topological polar surface area (TPSA) is 154 Å². The summed E-state index contributed by atoms with van der Waals surface area (Å²) in [7, 11) is 1.58. The normalized spacial score (nSPS) is 16.4. The molecule has 1 aromatic rings. The van der Waals surface area contributed by atoms with Gasteiger partial charge >= 0.3 is 17.9 Å². The van der Waals surface area contributed by atoms with Crippen LogP contribution < -0.4 is 9.47 Å². The van der Waals surface area contributed by atoms with E-state index >= 15 is 0 Å². The van der Waals surface area contributed by atoms with Crippen molar-refractivity contribution in [3.05, 3.63) is 34.8 Å². The van der Waals surface area contributed by atoms with Gasteiger partial charge in [0.25, 0.3) is 0 Å². The Morgan fingerprint density at radius 2 is 1.76 bits per heavy atom. The Labute approximate surface area is 207 Å². The van der Waals surface area contributed by atoms with Crippen LogP contribution in [0.3, 0.4) is 0 Å². The predicted molar refractivity (Wildman–Crippen MR) is 125 cm³/mol. The summed E-state index contributed by atoms with van der Waals surface area (Å²) in [5.74, 6) is -3.85. The Morgan fingerprint density at radius 1 is 1.15 bits per heavy atom. The maximum absolute atomic E-state index is 10.3. The van der Waals surface area contributed by atoms with Crippen LogP contribution in [0.25, 0.3) is 0 Å². The van der Waals surface area contributed by atoms with Crippen molar-refractivity contribution in [2.75, 3.05) is 26.7 Å². The highest BCUT2D eigenvalue weighted by molar-refractivity contribution is 6.35. The summed E-state index contributed by atoms with van der Waals surface area (Å²) >= 11 is 12.2. The minimum atomic E-state index is -2.74. The number of likely N-dealkylation sites (tertiary alicyclic amines) is 1. The molecular formula is C22H29Cl2NO9. The number of hydrogen-bond acceptors (Lipinski definition) is 7. The zero-order valence-electron chi connectivity index (χ0n) is 18.7. The van der Waals surface area contributed by atoms with Gasteiger partial charge in [-0.2, -0.15) is 0 Å². The van der Waals surface area contributed by atoms with E-state index in [0.29, 0.717) is 21.5 Å². The monoisotopic (exact) mass is 521 g/mol. The van der Waals surface area contributed by atoms with E-state index in [4.69, 9.17) is 53.1 Å². The number of nitrogens with zero attached hydrogens (tertiary/aromatic N) is 1. The number of hydrogen-bond donors (Lipinski definition) is 4. The highest BCUT2D eigenvalue weighted by Gasteiger charge is 2.40. The molecule has 4 N–H and O–H groups in total. The summed E-state index contributed by atoms with van der Waals surface area (Å²) < 4.78 is 11.4. The lowest BCUT2D eigenvalue weighted by Crippen LogP contribution is -2.42. The number of aliphatic hydroxyl groups is 1. The molecule has 1 aromatic carbocycles. The summed E-state index contributed by atoms with van der Waals surface area (Å²) in [6, 6.07) is 3.42. The SMILES string of the molecule is C=CCN1CCCC(Oc2cc(Cl)cc(Cl)c2OC)CC1.O=C(O)CC(O)(CC(=O)O)C(=O)O. The molecule has 1 aliphatic heterocycles. The fourth-order valence-corrected chi connectivity index (χ4v) is 3.88. The molecule has 0 amide bonds. The molecule has 0 aromatic heterocycles. The first kappa shape index (κ1) is 29.5. The van der Waals surface area contributed by atoms with Crippen LogP contribution in [0.5, 0.6) is 11.5 Å². The van der Waals surface area contributed by atoms with Crippen molar-refractivity contribution in [1.82, 2.24) is 4.90 Å². The van der Waals surface area contributed by atoms with Gasteiger partial charge in [-0.1, -0.05) is 29.3 Å². The van der Waals surface area contributed by atoms with E-state index in [1.54, 1.807) is 19.2 Å². The minimum Gasteiger partial charge on any atom is -0.491 e. The van der Waals surface area contributed by atoms with Crippen LogP contribution in [0, 0.1) is 0 Å². The molecule has 2 rings (SSSR count). The molecule has 1 aliphatic rings. The number of halogens is 2. The van der Waals surface area contributed by atoms with Crippen molar-refractivity contribution in [3.63, 3.8) is 0 Å². The number of carbonyl (C=O) groups is 3. The molecule has 0 aliphatic carbocycles. The van der Waals surface area contributed by atoms with Gasteiger partial charge in [0.1, 0.15) is 6.10 Å². The number of carboxylic acid groups (broad SMARTS) is 3. The van der Waals surface area contributed by atoms with E-state index in [1.807, 2.05) is 6.08 Å². The van der Waals surface area contributed by atoms with Crippen LogP contribution in [0.15, 0.2) is 24.8 Å². The first-order valence-electron chi connectivity index (χ1n) is 10.3. The van der Waals surface area contributed by atoms with Crippen molar-refractivity contribution in [2.24, 2.45) is 0 Å². The molecule has 1 unspecified atom stereocenters. The Bertz CT molecular complexity index is 862. The second-order valence-electron chi connectivity index (χ2n) is 7.66. The maximum Gasteiger partial charge on any atom is 0.336 e. The average molecular weight is 522 g/mol. The van der Waals surface area contributed by atoms with Crippen molar-refractivity contribution in [1.29, 1.82) is 0 Å². The minimum absolute atomic E-state index is 0.156. The molecule has 1 saturated heterocycles. The van der Waals surface area contributed by atoms with Crippen LogP contribution >= 0.6 is 23.2 Å². The number of ether oxygens (including phenoxy) is 2. The lowest BCUT2D eigenvalue weighted by molar-refractivity contribution is -0.170. The summed E-state index contributed by atoms with van der Waals surface area (Å²) in [5.41, 5.74) is -2.74. The number of methoxy groups -OCH3 is 1. The van der Waals surface area contributed by atoms with Gasteiger partial charge in [0, 0.05) is 24.2 Å². The van der Waals surface area contributed by atoms with E-state index < -0.39 is 36.4 Å². The third-order valence-corrected chi connectivity index (χ3v) is 5.41. The molecule has 10 nitrogen and oxygen atoms in total. The second-order valence-corrected chi connectivity index (χ2v) is 8.50. The zero-order chi connectivity index (χ0) is 25.9. The van der Waals surface area contributed by atoms with Gasteiger partial charge in [0.05, 0.1) is 25.0 Å². The summed E-state index contributed by atoms with van der Waals surface area (Å²) in [4.78, 5) is 32.9. The van der Waals surface area contributed by atoms with Crippen molar-refractivity contribution < 1.29 is 44.3 Å². The predicted octanol–water partition coefficient (Wildman–Crippen LogP) is 3.17. The molecule has 0 spiro atoms. The third kappa shape index (κ3) is 9.76. The Balaban J connectivity index is 0.000000385. The molecule has 0 saturated carbocycles. The molecule has 190 valence electrons. The molecule has 1 fully saturated rings. The van der Waals surface area contributed by atoms with Crippen LogP contribution in [0.1, 0.15) is 32.1 Å².